The molecule has 2 aromatic rings. The zero-order valence-electron chi connectivity index (χ0n) is 11.2. The molecular formula is C15H14N2O4. The second-order valence-corrected chi connectivity index (χ2v) is 5.00. The maximum Gasteiger partial charge on any atom is 0.323 e. The van der Waals surface area contributed by atoms with Crippen LogP contribution in [-0.4, -0.2) is 39.6 Å². The maximum atomic E-state index is 12.3. The Balaban J connectivity index is 1.81. The van der Waals surface area contributed by atoms with Gasteiger partial charge in [0.25, 0.3) is 5.91 Å². The van der Waals surface area contributed by atoms with Crippen molar-refractivity contribution >= 4 is 11.9 Å². The van der Waals surface area contributed by atoms with Gasteiger partial charge < -0.3 is 14.5 Å². The predicted octanol–water partition coefficient (Wildman–Crippen LogP) is 2.03. The minimum atomic E-state index is -1.03. The largest absolute Gasteiger partial charge is 0.480 e. The number of carbonyl (C=O) groups is 2. The van der Waals surface area contributed by atoms with Crippen LogP contribution in [0.4, 0.5) is 0 Å². The van der Waals surface area contributed by atoms with E-state index in [0.717, 1.165) is 18.4 Å². The molecule has 1 amide bonds. The van der Waals surface area contributed by atoms with Gasteiger partial charge in [-0.2, -0.15) is 0 Å². The van der Waals surface area contributed by atoms with Gasteiger partial charge in [0.15, 0.2) is 11.5 Å². The molecule has 0 bridgehead atoms. The highest BCUT2D eigenvalue weighted by atomic mass is 16.5. The van der Waals surface area contributed by atoms with Crippen molar-refractivity contribution in [2.24, 2.45) is 0 Å². The van der Waals surface area contributed by atoms with Crippen LogP contribution in [0.5, 0.6) is 0 Å². The van der Waals surface area contributed by atoms with E-state index in [2.05, 4.69) is 5.16 Å². The van der Waals surface area contributed by atoms with Crippen molar-refractivity contribution in [1.82, 2.24) is 10.1 Å². The van der Waals surface area contributed by atoms with E-state index in [1.807, 2.05) is 30.3 Å². The second-order valence-electron chi connectivity index (χ2n) is 5.00. The van der Waals surface area contributed by atoms with Gasteiger partial charge in [0.05, 0.1) is 0 Å². The lowest BCUT2D eigenvalue weighted by Crippen LogP contribution is -2.37. The number of aliphatic carboxylic acids is 1. The number of hydrogen-bond acceptors (Lipinski definition) is 4. The molecule has 3 rings (SSSR count). The van der Waals surface area contributed by atoms with Crippen LogP contribution in [0, 0.1) is 0 Å². The molecule has 1 aromatic heterocycles. The molecule has 6 heteroatoms. The summed E-state index contributed by atoms with van der Waals surface area (Å²) in [5.41, 5.74) is 0.960. The minimum Gasteiger partial charge on any atom is -0.480 e. The van der Waals surface area contributed by atoms with Crippen LogP contribution < -0.4 is 0 Å². The Morgan fingerprint density at radius 1 is 1.29 bits per heavy atom. The molecule has 1 heterocycles. The van der Waals surface area contributed by atoms with E-state index >= 15 is 0 Å². The van der Waals surface area contributed by atoms with E-state index in [1.165, 1.54) is 4.90 Å². The van der Waals surface area contributed by atoms with Crippen molar-refractivity contribution in [2.75, 3.05) is 6.54 Å². The third kappa shape index (κ3) is 2.94. The van der Waals surface area contributed by atoms with Crippen molar-refractivity contribution in [2.45, 2.75) is 18.9 Å². The van der Waals surface area contributed by atoms with Gasteiger partial charge in [0, 0.05) is 17.7 Å². The number of carboxylic acid groups (broad SMARTS) is 1. The van der Waals surface area contributed by atoms with Crippen LogP contribution in [0.3, 0.4) is 0 Å². The molecule has 1 N–H and O–H groups in total. The van der Waals surface area contributed by atoms with Crippen LogP contribution in [0.25, 0.3) is 11.3 Å². The summed E-state index contributed by atoms with van der Waals surface area (Å²) >= 11 is 0. The van der Waals surface area contributed by atoms with Gasteiger partial charge >= 0.3 is 5.97 Å². The summed E-state index contributed by atoms with van der Waals surface area (Å²) in [6.45, 7) is -0.309. The summed E-state index contributed by atoms with van der Waals surface area (Å²) in [5, 5.41) is 12.7. The Morgan fingerprint density at radius 2 is 2.00 bits per heavy atom. The summed E-state index contributed by atoms with van der Waals surface area (Å²) in [4.78, 5) is 24.6. The smallest absolute Gasteiger partial charge is 0.323 e. The molecule has 0 aliphatic heterocycles. The van der Waals surface area contributed by atoms with Gasteiger partial charge in [-0.1, -0.05) is 35.5 Å². The molecule has 0 spiro atoms. The predicted molar refractivity (Wildman–Crippen MR) is 73.6 cm³/mol. The topological polar surface area (TPSA) is 83.6 Å². The molecule has 1 fully saturated rings. The third-order valence-corrected chi connectivity index (χ3v) is 3.34. The highest BCUT2D eigenvalue weighted by molar-refractivity contribution is 5.95. The summed E-state index contributed by atoms with van der Waals surface area (Å²) in [6.07, 6.45) is 1.67. The highest BCUT2D eigenvalue weighted by Crippen LogP contribution is 2.28. The first-order valence-electron chi connectivity index (χ1n) is 6.70. The van der Waals surface area contributed by atoms with Gasteiger partial charge in [-0.25, -0.2) is 0 Å². The Labute approximate surface area is 121 Å². The Kier molecular flexibility index (Phi) is 3.43. The zero-order chi connectivity index (χ0) is 14.8. The van der Waals surface area contributed by atoms with Crippen LogP contribution in [0.1, 0.15) is 23.3 Å². The standard InChI is InChI=1S/C15H14N2O4/c18-14(19)9-17(11-6-7-11)15(20)12-8-13(21-16-12)10-4-2-1-3-5-10/h1-5,8,11H,6-7,9H2,(H,18,19). The first-order valence-corrected chi connectivity index (χ1v) is 6.70. The molecular weight excluding hydrogens is 272 g/mol. The van der Waals surface area contributed by atoms with E-state index in [4.69, 9.17) is 9.63 Å². The lowest BCUT2D eigenvalue weighted by atomic mass is 10.1. The molecule has 0 atom stereocenters. The Hall–Kier alpha value is -2.63. The molecule has 1 saturated carbocycles. The molecule has 1 aliphatic rings. The molecule has 6 nitrogen and oxygen atoms in total. The SMILES string of the molecule is O=C(O)CN(C(=O)c1cc(-c2ccccc2)on1)C1CC1. The number of amides is 1. The number of nitrogens with zero attached hydrogens (tertiary/aromatic N) is 2. The number of carboxylic acids is 1. The van der Waals surface area contributed by atoms with E-state index < -0.39 is 11.9 Å². The van der Waals surface area contributed by atoms with Crippen molar-refractivity contribution in [1.29, 1.82) is 0 Å². The van der Waals surface area contributed by atoms with Crippen molar-refractivity contribution in [3.63, 3.8) is 0 Å². The molecule has 21 heavy (non-hydrogen) atoms. The zero-order valence-corrected chi connectivity index (χ0v) is 11.2. The molecule has 1 aliphatic carbocycles. The van der Waals surface area contributed by atoms with Crippen LogP contribution >= 0.6 is 0 Å². The average molecular weight is 286 g/mol. The first-order chi connectivity index (χ1) is 10.1. The van der Waals surface area contributed by atoms with Crippen molar-refractivity contribution < 1.29 is 19.2 Å². The summed E-state index contributed by atoms with van der Waals surface area (Å²) < 4.78 is 5.18. The van der Waals surface area contributed by atoms with E-state index in [1.54, 1.807) is 6.07 Å². The fourth-order valence-electron chi connectivity index (χ4n) is 2.16. The number of aromatic nitrogens is 1. The molecule has 0 unspecified atom stereocenters. The molecule has 108 valence electrons. The minimum absolute atomic E-state index is 0.00507. The summed E-state index contributed by atoms with van der Waals surface area (Å²) in [5.74, 6) is -0.933. The monoisotopic (exact) mass is 286 g/mol. The quantitative estimate of drug-likeness (QED) is 0.909. The first kappa shape index (κ1) is 13.4. The Morgan fingerprint density at radius 3 is 2.62 bits per heavy atom. The number of hydrogen-bond donors (Lipinski definition) is 1. The lowest BCUT2D eigenvalue weighted by Gasteiger charge is -2.18. The van der Waals surface area contributed by atoms with E-state index in [-0.39, 0.29) is 18.3 Å². The molecule has 0 saturated heterocycles. The average Bonchev–Trinajstić information content (AvgIpc) is 3.21. The number of carbonyl (C=O) groups excluding carboxylic acids is 1. The normalized spacial score (nSPS) is 13.9. The van der Waals surface area contributed by atoms with Crippen LogP contribution in [-0.2, 0) is 4.79 Å². The van der Waals surface area contributed by atoms with Gasteiger partial charge in [-0.3, -0.25) is 9.59 Å². The maximum absolute atomic E-state index is 12.3. The number of benzene rings is 1. The lowest BCUT2D eigenvalue weighted by molar-refractivity contribution is -0.137. The van der Waals surface area contributed by atoms with Gasteiger partial charge in [0.2, 0.25) is 0 Å². The van der Waals surface area contributed by atoms with Crippen LogP contribution in [0.15, 0.2) is 40.9 Å². The van der Waals surface area contributed by atoms with E-state index in [9.17, 15) is 9.59 Å². The fourth-order valence-corrected chi connectivity index (χ4v) is 2.16. The summed E-state index contributed by atoms with van der Waals surface area (Å²) in [6, 6.07) is 10.9. The number of rotatable bonds is 5. The molecule has 1 aromatic carbocycles. The Bertz CT molecular complexity index is 661. The second kappa shape index (κ2) is 5.40. The van der Waals surface area contributed by atoms with Crippen LogP contribution in [0.2, 0.25) is 0 Å². The molecule has 0 radical (unpaired) electrons. The highest BCUT2D eigenvalue weighted by Gasteiger charge is 2.35. The fraction of sp³-hybridized carbons (Fsp3) is 0.267. The van der Waals surface area contributed by atoms with Gasteiger partial charge in [-0.15, -0.1) is 0 Å². The van der Waals surface area contributed by atoms with Crippen molar-refractivity contribution in [3.05, 3.63) is 42.1 Å². The van der Waals surface area contributed by atoms with E-state index in [0.29, 0.717) is 5.76 Å². The third-order valence-electron chi connectivity index (χ3n) is 3.34. The van der Waals surface area contributed by atoms with Crippen molar-refractivity contribution in [3.8, 4) is 11.3 Å². The van der Waals surface area contributed by atoms with Gasteiger partial charge in [0.1, 0.15) is 6.54 Å². The summed E-state index contributed by atoms with van der Waals surface area (Å²) in [7, 11) is 0. The van der Waals surface area contributed by atoms with Gasteiger partial charge in [-0.05, 0) is 12.8 Å².